The van der Waals surface area contributed by atoms with Crippen molar-refractivity contribution in [1.82, 2.24) is 18.9 Å². The van der Waals surface area contributed by atoms with Gasteiger partial charge in [-0.05, 0) is 35.9 Å². The summed E-state index contributed by atoms with van der Waals surface area (Å²) in [6.07, 6.45) is 1.78. The van der Waals surface area contributed by atoms with E-state index in [1.165, 1.54) is 4.31 Å². The number of rotatable bonds is 7. The average Bonchev–Trinajstić information content (AvgIpc) is 3.28. The average molecular weight is 479 g/mol. The standard InChI is InChI=1S/C24H26N6O3S/c1-28(34(31)32)17-18-5-2-3-8-22(18)23-10-9-21-16-25-24(27-30(21)23)26-19-6-4-7-20(15-19)29-11-13-33-14-12-29/h2-10,15-16H,11-14,17H2,1H3,(H,26,27)(H,31,32). The summed E-state index contributed by atoms with van der Waals surface area (Å²) in [5.41, 5.74) is 5.66. The number of fused-ring (bicyclic) bond motifs is 1. The van der Waals surface area contributed by atoms with Gasteiger partial charge in [0.15, 0.2) is 0 Å². The predicted molar refractivity (Wildman–Crippen MR) is 133 cm³/mol. The van der Waals surface area contributed by atoms with Crippen molar-refractivity contribution in [2.75, 3.05) is 43.6 Å². The summed E-state index contributed by atoms with van der Waals surface area (Å²) in [6, 6.07) is 20.0. The molecule has 1 saturated heterocycles. The lowest BCUT2D eigenvalue weighted by Crippen LogP contribution is -2.36. The minimum atomic E-state index is -2.04. The third kappa shape index (κ3) is 4.80. The van der Waals surface area contributed by atoms with Gasteiger partial charge in [-0.15, -0.1) is 5.10 Å². The second kappa shape index (κ2) is 9.90. The fraction of sp³-hybridized carbons (Fsp3) is 0.250. The quantitative estimate of drug-likeness (QED) is 0.392. The normalized spacial score (nSPS) is 15.1. The Balaban J connectivity index is 1.44. The highest BCUT2D eigenvalue weighted by Crippen LogP contribution is 2.27. The Labute approximate surface area is 200 Å². The van der Waals surface area contributed by atoms with Crippen LogP contribution in [0, 0.1) is 0 Å². The van der Waals surface area contributed by atoms with Crippen LogP contribution in [0.2, 0.25) is 0 Å². The van der Waals surface area contributed by atoms with Crippen LogP contribution in [0.4, 0.5) is 17.3 Å². The number of hydrogen-bond donors (Lipinski definition) is 2. The minimum Gasteiger partial charge on any atom is -0.378 e. The highest BCUT2D eigenvalue weighted by atomic mass is 32.2. The first-order chi connectivity index (χ1) is 16.6. The zero-order chi connectivity index (χ0) is 23.5. The van der Waals surface area contributed by atoms with Crippen LogP contribution < -0.4 is 10.2 Å². The van der Waals surface area contributed by atoms with Crippen LogP contribution in [0.3, 0.4) is 0 Å². The van der Waals surface area contributed by atoms with Gasteiger partial charge in [-0.2, -0.15) is 4.31 Å². The summed E-state index contributed by atoms with van der Waals surface area (Å²) >= 11 is -2.04. The molecule has 176 valence electrons. The molecular weight excluding hydrogens is 452 g/mol. The van der Waals surface area contributed by atoms with Crippen LogP contribution in [0.1, 0.15) is 5.56 Å². The zero-order valence-electron chi connectivity index (χ0n) is 18.8. The highest BCUT2D eigenvalue weighted by molar-refractivity contribution is 7.76. The molecule has 2 aromatic heterocycles. The first kappa shape index (κ1) is 22.5. The summed E-state index contributed by atoms with van der Waals surface area (Å²) in [5.74, 6) is 0.482. The Morgan fingerprint density at radius 1 is 1.12 bits per heavy atom. The van der Waals surface area contributed by atoms with Crippen molar-refractivity contribution >= 4 is 34.1 Å². The molecule has 0 spiro atoms. The number of morpholine rings is 1. The molecule has 5 rings (SSSR count). The van der Waals surface area contributed by atoms with Crippen molar-refractivity contribution in [2.45, 2.75) is 6.54 Å². The van der Waals surface area contributed by atoms with Crippen LogP contribution in [-0.4, -0.2) is 61.0 Å². The van der Waals surface area contributed by atoms with Gasteiger partial charge in [-0.3, -0.25) is 4.55 Å². The predicted octanol–water partition coefficient (Wildman–Crippen LogP) is 3.55. The van der Waals surface area contributed by atoms with Crippen molar-refractivity contribution < 1.29 is 13.5 Å². The van der Waals surface area contributed by atoms with E-state index >= 15 is 0 Å². The Hall–Kier alpha value is -3.31. The second-order valence-electron chi connectivity index (χ2n) is 8.09. The van der Waals surface area contributed by atoms with Crippen LogP contribution >= 0.6 is 0 Å². The molecule has 1 atom stereocenters. The summed E-state index contributed by atoms with van der Waals surface area (Å²) in [5, 5.41) is 8.07. The van der Waals surface area contributed by atoms with Gasteiger partial charge in [0.2, 0.25) is 17.2 Å². The van der Waals surface area contributed by atoms with E-state index in [0.29, 0.717) is 12.5 Å². The number of benzene rings is 2. The molecule has 9 nitrogen and oxygen atoms in total. The number of aromatic nitrogens is 3. The first-order valence-corrected chi connectivity index (χ1v) is 12.1. The maximum Gasteiger partial charge on any atom is 0.245 e. The Kier molecular flexibility index (Phi) is 6.54. The molecule has 0 saturated carbocycles. The molecule has 2 N–H and O–H groups in total. The monoisotopic (exact) mass is 478 g/mol. The van der Waals surface area contributed by atoms with E-state index in [1.807, 2.05) is 53.0 Å². The Bertz CT molecular complexity index is 1320. The smallest absolute Gasteiger partial charge is 0.245 e. The number of hydrogen-bond acceptors (Lipinski definition) is 6. The van der Waals surface area contributed by atoms with Gasteiger partial charge in [0, 0.05) is 43.6 Å². The maximum absolute atomic E-state index is 11.5. The second-order valence-corrected chi connectivity index (χ2v) is 9.17. The number of anilines is 3. The summed E-state index contributed by atoms with van der Waals surface area (Å²) < 4.78 is 29.5. The van der Waals surface area contributed by atoms with E-state index in [-0.39, 0.29) is 0 Å². The van der Waals surface area contributed by atoms with Crippen LogP contribution in [0.25, 0.3) is 16.8 Å². The van der Waals surface area contributed by atoms with Gasteiger partial charge in [0.25, 0.3) is 0 Å². The Morgan fingerprint density at radius 2 is 1.94 bits per heavy atom. The Morgan fingerprint density at radius 3 is 2.76 bits per heavy atom. The zero-order valence-corrected chi connectivity index (χ0v) is 19.6. The number of ether oxygens (including phenoxy) is 1. The SMILES string of the molecule is CN(Cc1ccccc1-c1ccc2cnc(Nc3cccc(N4CCOCC4)c3)nn12)S(=O)O. The molecular formula is C24H26N6O3S. The van der Waals surface area contributed by atoms with E-state index in [4.69, 9.17) is 9.84 Å². The van der Waals surface area contributed by atoms with Crippen LogP contribution in [0.15, 0.2) is 66.9 Å². The third-order valence-corrected chi connectivity index (χ3v) is 6.49. The van der Waals surface area contributed by atoms with Gasteiger partial charge in [-0.1, -0.05) is 30.3 Å². The molecule has 0 radical (unpaired) electrons. The van der Waals surface area contributed by atoms with Gasteiger partial charge >= 0.3 is 0 Å². The first-order valence-electron chi connectivity index (χ1n) is 11.0. The molecule has 2 aromatic carbocycles. The van der Waals surface area contributed by atoms with Gasteiger partial charge in [0.1, 0.15) is 0 Å². The number of nitrogens with zero attached hydrogens (tertiary/aromatic N) is 5. The molecule has 1 fully saturated rings. The van der Waals surface area contributed by atoms with Crippen molar-refractivity contribution in [3.63, 3.8) is 0 Å². The van der Waals surface area contributed by atoms with E-state index in [2.05, 4.69) is 27.3 Å². The molecule has 0 bridgehead atoms. The fourth-order valence-electron chi connectivity index (χ4n) is 4.10. The summed E-state index contributed by atoms with van der Waals surface area (Å²) in [7, 11) is 1.61. The van der Waals surface area contributed by atoms with Gasteiger partial charge < -0.3 is 15.0 Å². The third-order valence-electron chi connectivity index (χ3n) is 5.83. The molecule has 3 heterocycles. The molecule has 34 heavy (non-hydrogen) atoms. The molecule has 0 aliphatic carbocycles. The topological polar surface area (TPSA) is 95.2 Å². The van der Waals surface area contributed by atoms with Crippen molar-refractivity contribution in [3.05, 3.63) is 72.4 Å². The molecule has 0 amide bonds. The lowest BCUT2D eigenvalue weighted by Gasteiger charge is -2.29. The van der Waals surface area contributed by atoms with Crippen molar-refractivity contribution in [1.29, 1.82) is 0 Å². The van der Waals surface area contributed by atoms with Crippen LogP contribution in [0.5, 0.6) is 0 Å². The van der Waals surface area contributed by atoms with Gasteiger partial charge in [0.05, 0.1) is 30.6 Å². The van der Waals surface area contributed by atoms with Crippen molar-refractivity contribution in [3.8, 4) is 11.3 Å². The lowest BCUT2D eigenvalue weighted by atomic mass is 10.0. The molecule has 10 heteroatoms. The van der Waals surface area contributed by atoms with E-state index in [9.17, 15) is 8.76 Å². The summed E-state index contributed by atoms with van der Waals surface area (Å²) in [4.78, 5) is 6.79. The highest BCUT2D eigenvalue weighted by Gasteiger charge is 2.15. The van der Waals surface area contributed by atoms with E-state index in [0.717, 1.165) is 60.0 Å². The van der Waals surface area contributed by atoms with E-state index < -0.39 is 11.3 Å². The number of nitrogens with one attached hydrogen (secondary N) is 1. The summed E-state index contributed by atoms with van der Waals surface area (Å²) in [6.45, 7) is 3.55. The van der Waals surface area contributed by atoms with Gasteiger partial charge in [-0.25, -0.2) is 13.7 Å². The fourth-order valence-corrected chi connectivity index (χ4v) is 4.35. The molecule has 1 aliphatic rings. The van der Waals surface area contributed by atoms with Crippen LogP contribution in [-0.2, 0) is 22.5 Å². The van der Waals surface area contributed by atoms with E-state index in [1.54, 1.807) is 13.2 Å². The molecule has 4 aromatic rings. The molecule has 1 aliphatic heterocycles. The molecule has 1 unspecified atom stereocenters. The largest absolute Gasteiger partial charge is 0.378 e. The lowest BCUT2D eigenvalue weighted by molar-refractivity contribution is 0.122. The minimum absolute atomic E-state index is 0.330. The van der Waals surface area contributed by atoms with Crippen molar-refractivity contribution in [2.24, 2.45) is 0 Å². The maximum atomic E-state index is 11.5.